The molecule has 6 heteroatoms. The van der Waals surface area contributed by atoms with Crippen LogP contribution in [0.15, 0.2) is 11.1 Å². The van der Waals surface area contributed by atoms with E-state index < -0.39 is 34.9 Å². The summed E-state index contributed by atoms with van der Waals surface area (Å²) in [5.74, 6) is 0.252. The van der Waals surface area contributed by atoms with Gasteiger partial charge in [0, 0.05) is 17.9 Å². The first-order valence-electron chi connectivity index (χ1n) is 14.5. The van der Waals surface area contributed by atoms with Crippen LogP contribution in [0.4, 0.5) is 0 Å². The normalized spacial score (nSPS) is 54.6. The Balaban J connectivity index is 1.42. The molecule has 6 aliphatic rings. The Kier molecular flexibility index (Phi) is 5.58. The van der Waals surface area contributed by atoms with Crippen molar-refractivity contribution in [1.82, 2.24) is 0 Å². The lowest BCUT2D eigenvalue weighted by molar-refractivity contribution is -0.196. The first kappa shape index (κ1) is 25.5. The van der Waals surface area contributed by atoms with Gasteiger partial charge in [0.2, 0.25) is 0 Å². The summed E-state index contributed by atoms with van der Waals surface area (Å²) in [6.07, 6.45) is 3.83. The van der Waals surface area contributed by atoms with Gasteiger partial charge in [-0.3, -0.25) is 4.79 Å². The quantitative estimate of drug-likeness (QED) is 0.471. The fraction of sp³-hybridized carbons (Fsp3) is 0.900. The van der Waals surface area contributed by atoms with Crippen molar-refractivity contribution in [3.05, 3.63) is 11.1 Å². The van der Waals surface area contributed by atoms with E-state index in [4.69, 9.17) is 4.74 Å². The SMILES string of the molecule is CC1COC(C(O)C(C)(O)C2CC3CCC4=C5C(CCC2(C)C53O)C2(C)CCC(O)CC2C4=O)C1C. The molecule has 13 unspecified atom stereocenters. The van der Waals surface area contributed by atoms with Crippen LogP contribution in [0.5, 0.6) is 0 Å². The maximum atomic E-state index is 13.9. The molecule has 13 atom stereocenters. The van der Waals surface area contributed by atoms with Crippen LogP contribution in [0.25, 0.3) is 0 Å². The standard InChI is InChI=1S/C30H46O6/c1-15-14-36-25(16(15)2)26(33)29(5,34)22-12-17-6-7-19-23-20(9-11-28(22,4)30(17,23)35)27(3)10-8-18(31)13-21(27)24(19)32/h15-18,20-22,25-26,31,33-35H,6-14H2,1-5H3. The molecule has 6 nitrogen and oxygen atoms in total. The maximum absolute atomic E-state index is 13.9. The molecule has 5 aliphatic carbocycles. The molecule has 202 valence electrons. The van der Waals surface area contributed by atoms with Gasteiger partial charge in [0.25, 0.3) is 0 Å². The number of allylic oxidation sites excluding steroid dienone is 1. The molecule has 36 heavy (non-hydrogen) atoms. The second-order valence-corrected chi connectivity index (χ2v) is 14.3. The number of ether oxygens (including phenoxy) is 1. The number of carbonyl (C=O) groups excluding carboxylic acids is 1. The van der Waals surface area contributed by atoms with Gasteiger partial charge in [0.05, 0.1) is 23.4 Å². The molecule has 3 saturated carbocycles. The van der Waals surface area contributed by atoms with Gasteiger partial charge in [-0.2, -0.15) is 0 Å². The van der Waals surface area contributed by atoms with Gasteiger partial charge >= 0.3 is 0 Å². The van der Waals surface area contributed by atoms with Gasteiger partial charge in [-0.1, -0.05) is 27.7 Å². The number of fused-ring (bicyclic) bond motifs is 2. The lowest BCUT2D eigenvalue weighted by Gasteiger charge is -2.63. The van der Waals surface area contributed by atoms with E-state index in [9.17, 15) is 25.2 Å². The van der Waals surface area contributed by atoms with E-state index in [0.29, 0.717) is 38.2 Å². The zero-order chi connectivity index (χ0) is 26.0. The summed E-state index contributed by atoms with van der Waals surface area (Å²) in [4.78, 5) is 13.9. The minimum atomic E-state index is -1.42. The lowest BCUT2D eigenvalue weighted by atomic mass is 9.42. The van der Waals surface area contributed by atoms with E-state index in [1.807, 2.05) is 0 Å². The Morgan fingerprint density at radius 1 is 1.08 bits per heavy atom. The molecule has 0 aromatic carbocycles. The third-order valence-electron chi connectivity index (χ3n) is 12.8. The number of Topliss-reactive ketones (excluding diaryl/α,β-unsaturated/α-hetero) is 1. The third-order valence-corrected chi connectivity index (χ3v) is 12.8. The topological polar surface area (TPSA) is 107 Å². The second-order valence-electron chi connectivity index (χ2n) is 14.3. The van der Waals surface area contributed by atoms with Gasteiger partial charge in [-0.25, -0.2) is 0 Å². The summed E-state index contributed by atoms with van der Waals surface area (Å²) in [6, 6.07) is 0. The van der Waals surface area contributed by atoms with E-state index in [-0.39, 0.29) is 40.8 Å². The first-order chi connectivity index (χ1) is 16.8. The van der Waals surface area contributed by atoms with Crippen molar-refractivity contribution < 1.29 is 30.0 Å². The highest BCUT2D eigenvalue weighted by atomic mass is 16.5. The molecular weight excluding hydrogens is 456 g/mol. The van der Waals surface area contributed by atoms with Crippen LogP contribution in [0, 0.1) is 46.3 Å². The number of hydrogen-bond donors (Lipinski definition) is 4. The average molecular weight is 503 g/mol. The fourth-order valence-corrected chi connectivity index (χ4v) is 10.4. The molecule has 0 bridgehead atoms. The van der Waals surface area contributed by atoms with Crippen molar-refractivity contribution >= 4 is 5.78 Å². The second kappa shape index (κ2) is 7.88. The molecule has 1 aliphatic heterocycles. The number of carbonyl (C=O) groups is 1. The number of hydrogen-bond acceptors (Lipinski definition) is 6. The largest absolute Gasteiger partial charge is 0.393 e. The number of aliphatic hydroxyl groups is 4. The zero-order valence-corrected chi connectivity index (χ0v) is 22.7. The molecule has 4 fully saturated rings. The highest BCUT2D eigenvalue weighted by molar-refractivity contribution is 6.00. The smallest absolute Gasteiger partial charge is 0.162 e. The summed E-state index contributed by atoms with van der Waals surface area (Å²) in [5, 5.41) is 46.8. The predicted octanol–water partition coefficient (Wildman–Crippen LogP) is 3.39. The molecule has 0 aromatic rings. The summed E-state index contributed by atoms with van der Waals surface area (Å²) >= 11 is 0. The summed E-state index contributed by atoms with van der Waals surface area (Å²) in [6.45, 7) is 10.9. The first-order valence-corrected chi connectivity index (χ1v) is 14.5. The minimum absolute atomic E-state index is 0.0318. The zero-order valence-electron chi connectivity index (χ0n) is 22.7. The summed E-state index contributed by atoms with van der Waals surface area (Å²) in [7, 11) is 0. The molecule has 0 radical (unpaired) electrons. The Morgan fingerprint density at radius 2 is 1.81 bits per heavy atom. The van der Waals surface area contributed by atoms with Crippen molar-refractivity contribution in [1.29, 1.82) is 0 Å². The van der Waals surface area contributed by atoms with Crippen LogP contribution in [-0.4, -0.2) is 62.3 Å². The van der Waals surface area contributed by atoms with Crippen LogP contribution in [0.1, 0.15) is 86.0 Å². The van der Waals surface area contributed by atoms with Crippen LogP contribution >= 0.6 is 0 Å². The van der Waals surface area contributed by atoms with Crippen molar-refractivity contribution in [2.75, 3.05) is 6.61 Å². The highest BCUT2D eigenvalue weighted by Gasteiger charge is 2.74. The number of rotatable bonds is 3. The summed E-state index contributed by atoms with van der Waals surface area (Å²) in [5.41, 5.74) is -1.64. The van der Waals surface area contributed by atoms with Gasteiger partial charge in [-0.05, 0) is 104 Å². The van der Waals surface area contributed by atoms with Crippen LogP contribution < -0.4 is 0 Å². The van der Waals surface area contributed by atoms with Crippen LogP contribution in [0.3, 0.4) is 0 Å². The Morgan fingerprint density at radius 3 is 2.47 bits per heavy atom. The number of ketones is 1. The van der Waals surface area contributed by atoms with E-state index in [1.54, 1.807) is 6.92 Å². The Bertz CT molecular complexity index is 988. The Hall–Kier alpha value is -0.790. The fourth-order valence-electron chi connectivity index (χ4n) is 10.4. The lowest BCUT2D eigenvalue weighted by Crippen LogP contribution is -2.65. The molecule has 1 saturated heterocycles. The molecule has 0 spiro atoms. The molecule has 1 heterocycles. The molecule has 6 rings (SSSR count). The van der Waals surface area contributed by atoms with E-state index in [0.717, 1.165) is 36.8 Å². The molecule has 0 amide bonds. The average Bonchev–Trinajstić information content (AvgIpc) is 3.28. The summed E-state index contributed by atoms with van der Waals surface area (Å²) < 4.78 is 5.97. The van der Waals surface area contributed by atoms with E-state index in [1.165, 1.54) is 0 Å². The molecule has 0 aromatic heterocycles. The van der Waals surface area contributed by atoms with Crippen molar-refractivity contribution in [3.8, 4) is 0 Å². The molecule has 4 N–H and O–H groups in total. The Labute approximate surface area is 215 Å². The van der Waals surface area contributed by atoms with Gasteiger partial charge in [0.1, 0.15) is 6.10 Å². The van der Waals surface area contributed by atoms with Crippen LogP contribution in [-0.2, 0) is 9.53 Å². The van der Waals surface area contributed by atoms with E-state index in [2.05, 4.69) is 27.7 Å². The van der Waals surface area contributed by atoms with Gasteiger partial charge in [-0.15, -0.1) is 0 Å². The monoisotopic (exact) mass is 502 g/mol. The molecular formula is C30H46O6. The maximum Gasteiger partial charge on any atom is 0.162 e. The van der Waals surface area contributed by atoms with Crippen molar-refractivity contribution in [3.63, 3.8) is 0 Å². The van der Waals surface area contributed by atoms with E-state index >= 15 is 0 Å². The predicted molar refractivity (Wildman–Crippen MR) is 135 cm³/mol. The number of aliphatic hydroxyl groups excluding tert-OH is 2. The van der Waals surface area contributed by atoms with Crippen molar-refractivity contribution in [2.45, 2.75) is 115 Å². The van der Waals surface area contributed by atoms with Crippen LogP contribution in [0.2, 0.25) is 0 Å². The van der Waals surface area contributed by atoms with Gasteiger partial charge in [0.15, 0.2) is 5.78 Å². The van der Waals surface area contributed by atoms with Crippen molar-refractivity contribution in [2.24, 2.45) is 46.3 Å². The highest BCUT2D eigenvalue weighted by Crippen LogP contribution is 2.73. The van der Waals surface area contributed by atoms with Gasteiger partial charge < -0.3 is 25.2 Å². The minimum Gasteiger partial charge on any atom is -0.393 e. The third kappa shape index (κ3) is 2.94.